The Bertz CT molecular complexity index is 539. The summed E-state index contributed by atoms with van der Waals surface area (Å²) in [7, 11) is 1.17. The van der Waals surface area contributed by atoms with Gasteiger partial charge in [-0.1, -0.05) is 0 Å². The Morgan fingerprint density at radius 1 is 1.29 bits per heavy atom. The molecule has 1 atom stereocenters. The highest BCUT2D eigenvalue weighted by molar-refractivity contribution is 7.89. The van der Waals surface area contributed by atoms with Crippen LogP contribution in [-0.2, 0) is 14.8 Å². The van der Waals surface area contributed by atoms with Crippen LogP contribution in [0.15, 0.2) is 29.2 Å². The van der Waals surface area contributed by atoms with Gasteiger partial charge >= 0.3 is 0 Å². The second-order valence-electron chi connectivity index (χ2n) is 5.41. The van der Waals surface area contributed by atoms with Crippen LogP contribution in [0.1, 0.15) is 13.3 Å². The molecule has 1 rings (SSSR count). The first-order valence-corrected chi connectivity index (χ1v) is 8.11. The van der Waals surface area contributed by atoms with Crippen molar-refractivity contribution in [2.75, 3.05) is 39.7 Å². The maximum Gasteiger partial charge on any atom is 0.242 e. The SMILES string of the molecule is COCCC(C)(O)CNc1ccc(S(=O)(=O)N(C)C)cc1. The van der Waals surface area contributed by atoms with E-state index >= 15 is 0 Å². The molecule has 0 aliphatic rings. The molecule has 120 valence electrons. The van der Waals surface area contributed by atoms with E-state index in [0.29, 0.717) is 19.6 Å². The molecule has 1 aromatic carbocycles. The number of rotatable bonds is 8. The Morgan fingerprint density at radius 2 is 1.86 bits per heavy atom. The lowest BCUT2D eigenvalue weighted by atomic mass is 10.0. The average molecular weight is 316 g/mol. The molecule has 6 nitrogen and oxygen atoms in total. The molecule has 1 aromatic rings. The number of methoxy groups -OCH3 is 1. The van der Waals surface area contributed by atoms with Crippen LogP contribution in [0.3, 0.4) is 0 Å². The first-order chi connectivity index (χ1) is 9.69. The van der Waals surface area contributed by atoms with Crippen LogP contribution in [0.5, 0.6) is 0 Å². The predicted molar refractivity (Wildman–Crippen MR) is 82.9 cm³/mol. The van der Waals surface area contributed by atoms with Crippen LogP contribution in [0.4, 0.5) is 5.69 Å². The maximum absolute atomic E-state index is 11.9. The van der Waals surface area contributed by atoms with E-state index in [2.05, 4.69) is 5.32 Å². The maximum atomic E-state index is 11.9. The van der Waals surface area contributed by atoms with E-state index in [1.54, 1.807) is 38.3 Å². The number of hydrogen-bond acceptors (Lipinski definition) is 5. The largest absolute Gasteiger partial charge is 0.388 e. The van der Waals surface area contributed by atoms with Crippen LogP contribution in [0.25, 0.3) is 0 Å². The molecule has 0 saturated carbocycles. The van der Waals surface area contributed by atoms with Gasteiger partial charge in [-0.05, 0) is 31.2 Å². The summed E-state index contributed by atoms with van der Waals surface area (Å²) >= 11 is 0. The molecule has 21 heavy (non-hydrogen) atoms. The third-order valence-corrected chi connectivity index (χ3v) is 4.98. The Kier molecular flexibility index (Phi) is 6.15. The van der Waals surface area contributed by atoms with E-state index in [-0.39, 0.29) is 4.90 Å². The number of anilines is 1. The summed E-state index contributed by atoms with van der Waals surface area (Å²) in [6.07, 6.45) is 0.517. The average Bonchev–Trinajstić information content (AvgIpc) is 2.43. The Labute approximate surface area is 126 Å². The standard InChI is InChI=1S/C14H24N2O4S/c1-14(17,9-10-20-4)11-15-12-5-7-13(8-6-12)21(18,19)16(2)3/h5-8,15,17H,9-11H2,1-4H3. The molecular weight excluding hydrogens is 292 g/mol. The second-order valence-corrected chi connectivity index (χ2v) is 7.56. The van der Waals surface area contributed by atoms with Gasteiger partial charge in [0.2, 0.25) is 10.0 Å². The van der Waals surface area contributed by atoms with Gasteiger partial charge in [-0.2, -0.15) is 0 Å². The number of ether oxygens (including phenoxy) is 1. The van der Waals surface area contributed by atoms with Gasteiger partial charge < -0.3 is 15.2 Å². The fourth-order valence-electron chi connectivity index (χ4n) is 1.66. The van der Waals surface area contributed by atoms with Crippen molar-refractivity contribution in [3.63, 3.8) is 0 Å². The lowest BCUT2D eigenvalue weighted by Crippen LogP contribution is -2.34. The summed E-state index contributed by atoms with van der Waals surface area (Å²) in [6.45, 7) is 2.56. The van der Waals surface area contributed by atoms with E-state index < -0.39 is 15.6 Å². The number of nitrogens with one attached hydrogen (secondary N) is 1. The van der Waals surface area contributed by atoms with Crippen LogP contribution in [0, 0.1) is 0 Å². The number of aliphatic hydroxyl groups is 1. The van der Waals surface area contributed by atoms with Crippen LogP contribution >= 0.6 is 0 Å². The normalized spacial score (nSPS) is 15.0. The van der Waals surface area contributed by atoms with Crippen molar-refractivity contribution >= 4 is 15.7 Å². The summed E-state index contributed by atoms with van der Waals surface area (Å²) in [4.78, 5) is 0.240. The molecule has 0 radical (unpaired) electrons. The van der Waals surface area contributed by atoms with Crippen molar-refractivity contribution in [2.24, 2.45) is 0 Å². The third-order valence-electron chi connectivity index (χ3n) is 3.15. The molecule has 0 saturated heterocycles. The van der Waals surface area contributed by atoms with Crippen LogP contribution < -0.4 is 5.32 Å². The summed E-state index contributed by atoms with van der Waals surface area (Å²) in [6, 6.07) is 6.45. The summed E-state index contributed by atoms with van der Waals surface area (Å²) < 4.78 is 30.0. The van der Waals surface area contributed by atoms with Gasteiger partial charge in [0.1, 0.15) is 0 Å². The summed E-state index contributed by atoms with van der Waals surface area (Å²) in [5, 5.41) is 13.2. The zero-order valence-electron chi connectivity index (χ0n) is 13.0. The highest BCUT2D eigenvalue weighted by Gasteiger charge is 2.20. The van der Waals surface area contributed by atoms with Crippen molar-refractivity contribution in [3.8, 4) is 0 Å². The molecule has 0 spiro atoms. The Morgan fingerprint density at radius 3 is 2.33 bits per heavy atom. The minimum Gasteiger partial charge on any atom is -0.388 e. The summed E-state index contributed by atoms with van der Waals surface area (Å²) in [5.74, 6) is 0. The number of hydrogen-bond donors (Lipinski definition) is 2. The fourth-order valence-corrected chi connectivity index (χ4v) is 2.56. The van der Waals surface area contributed by atoms with Gasteiger partial charge in [0.05, 0.1) is 10.5 Å². The topological polar surface area (TPSA) is 78.9 Å². The van der Waals surface area contributed by atoms with E-state index in [9.17, 15) is 13.5 Å². The monoisotopic (exact) mass is 316 g/mol. The molecule has 7 heteroatoms. The van der Waals surface area contributed by atoms with E-state index in [0.717, 1.165) is 5.69 Å². The molecule has 0 heterocycles. The van der Waals surface area contributed by atoms with Gasteiger partial charge in [0.15, 0.2) is 0 Å². The van der Waals surface area contributed by atoms with Gasteiger partial charge in [-0.25, -0.2) is 12.7 Å². The first-order valence-electron chi connectivity index (χ1n) is 6.67. The molecule has 0 bridgehead atoms. The zero-order valence-corrected chi connectivity index (χ0v) is 13.8. The van der Waals surface area contributed by atoms with Crippen molar-refractivity contribution < 1.29 is 18.3 Å². The highest BCUT2D eigenvalue weighted by atomic mass is 32.2. The number of benzene rings is 1. The molecule has 0 amide bonds. The van der Waals surface area contributed by atoms with Crippen molar-refractivity contribution in [1.29, 1.82) is 0 Å². The van der Waals surface area contributed by atoms with Crippen molar-refractivity contribution in [1.82, 2.24) is 4.31 Å². The highest BCUT2D eigenvalue weighted by Crippen LogP contribution is 2.18. The van der Waals surface area contributed by atoms with E-state index in [1.165, 1.54) is 18.4 Å². The third kappa shape index (κ3) is 5.28. The molecule has 0 aliphatic heterocycles. The van der Waals surface area contributed by atoms with E-state index in [4.69, 9.17) is 4.74 Å². The van der Waals surface area contributed by atoms with Crippen LogP contribution in [-0.4, -0.2) is 57.8 Å². The van der Waals surface area contributed by atoms with Crippen molar-refractivity contribution in [2.45, 2.75) is 23.8 Å². The Balaban J connectivity index is 2.68. The lowest BCUT2D eigenvalue weighted by molar-refractivity contribution is 0.0357. The minimum absolute atomic E-state index is 0.240. The lowest BCUT2D eigenvalue weighted by Gasteiger charge is -2.24. The van der Waals surface area contributed by atoms with Gasteiger partial charge in [-0.3, -0.25) is 0 Å². The molecular formula is C14H24N2O4S. The van der Waals surface area contributed by atoms with Crippen molar-refractivity contribution in [3.05, 3.63) is 24.3 Å². The number of sulfonamides is 1. The minimum atomic E-state index is -3.41. The molecule has 1 unspecified atom stereocenters. The molecule has 0 fully saturated rings. The van der Waals surface area contributed by atoms with Gasteiger partial charge in [0.25, 0.3) is 0 Å². The Hall–Kier alpha value is -1.15. The first kappa shape index (κ1) is 17.9. The van der Waals surface area contributed by atoms with Gasteiger partial charge in [0, 0.05) is 46.5 Å². The number of nitrogens with zero attached hydrogens (tertiary/aromatic N) is 1. The van der Waals surface area contributed by atoms with Crippen LogP contribution in [0.2, 0.25) is 0 Å². The molecule has 0 aromatic heterocycles. The molecule has 2 N–H and O–H groups in total. The molecule has 0 aliphatic carbocycles. The predicted octanol–water partition coefficient (Wildman–Crippen LogP) is 1.14. The summed E-state index contributed by atoms with van der Waals surface area (Å²) in [5.41, 5.74) is -0.130. The second kappa shape index (κ2) is 7.22. The van der Waals surface area contributed by atoms with E-state index in [1.807, 2.05) is 0 Å². The quantitative estimate of drug-likeness (QED) is 0.752. The fraction of sp³-hybridized carbons (Fsp3) is 0.571. The van der Waals surface area contributed by atoms with Gasteiger partial charge in [-0.15, -0.1) is 0 Å². The smallest absolute Gasteiger partial charge is 0.242 e. The zero-order chi connectivity index (χ0) is 16.1.